The molecular formula is C22H23FN4O. The molecule has 1 atom stereocenters. The number of hydrogen-bond donors (Lipinski definition) is 0. The Kier molecular flexibility index (Phi) is 4.88. The fourth-order valence-electron chi connectivity index (χ4n) is 3.91. The van der Waals surface area contributed by atoms with E-state index < -0.39 is 5.82 Å². The van der Waals surface area contributed by atoms with Gasteiger partial charge in [0.2, 0.25) is 0 Å². The molecule has 28 heavy (non-hydrogen) atoms. The normalized spacial score (nSPS) is 17.8. The second-order valence-corrected chi connectivity index (χ2v) is 7.56. The van der Waals surface area contributed by atoms with Crippen LogP contribution in [0.15, 0.2) is 30.5 Å². The third-order valence-corrected chi connectivity index (χ3v) is 5.30. The summed E-state index contributed by atoms with van der Waals surface area (Å²) >= 11 is 0. The van der Waals surface area contributed by atoms with Crippen molar-refractivity contribution in [3.63, 3.8) is 0 Å². The molecule has 6 heteroatoms. The van der Waals surface area contributed by atoms with Gasteiger partial charge in [0.1, 0.15) is 11.5 Å². The van der Waals surface area contributed by atoms with Crippen molar-refractivity contribution in [1.29, 1.82) is 5.26 Å². The van der Waals surface area contributed by atoms with Crippen molar-refractivity contribution in [2.75, 3.05) is 26.7 Å². The van der Waals surface area contributed by atoms with E-state index in [-0.39, 0.29) is 6.10 Å². The smallest absolute Gasteiger partial charge is 0.137 e. The van der Waals surface area contributed by atoms with Crippen molar-refractivity contribution in [3.8, 4) is 17.3 Å². The first-order valence-corrected chi connectivity index (χ1v) is 9.44. The maximum atomic E-state index is 15.0. The molecule has 3 aromatic rings. The lowest BCUT2D eigenvalue weighted by atomic mass is 9.99. The van der Waals surface area contributed by atoms with Crippen molar-refractivity contribution in [1.82, 2.24) is 14.3 Å². The SMILES string of the molecule is Cc1ccn2c(C[C@H]3CN(C)CCO3)c(-c3c(C)cc(C#N)cc3F)nc2c1. The molecule has 3 heterocycles. The highest BCUT2D eigenvalue weighted by molar-refractivity contribution is 5.71. The van der Waals surface area contributed by atoms with E-state index in [1.54, 1.807) is 6.07 Å². The third kappa shape index (κ3) is 3.39. The van der Waals surface area contributed by atoms with Gasteiger partial charge in [-0.15, -0.1) is 0 Å². The average molecular weight is 378 g/mol. The first-order valence-electron chi connectivity index (χ1n) is 9.44. The summed E-state index contributed by atoms with van der Waals surface area (Å²) in [6.07, 6.45) is 2.66. The molecule has 2 aromatic heterocycles. The number of benzene rings is 1. The van der Waals surface area contributed by atoms with Crippen molar-refractivity contribution >= 4 is 5.65 Å². The van der Waals surface area contributed by atoms with Crippen LogP contribution < -0.4 is 0 Å². The predicted molar refractivity (Wildman–Crippen MR) is 106 cm³/mol. The molecule has 0 bridgehead atoms. The Balaban J connectivity index is 1.87. The van der Waals surface area contributed by atoms with E-state index in [4.69, 9.17) is 15.0 Å². The van der Waals surface area contributed by atoms with Crippen LogP contribution in [0.25, 0.3) is 16.9 Å². The first-order chi connectivity index (χ1) is 13.5. The molecule has 5 nitrogen and oxygen atoms in total. The molecule has 0 N–H and O–H groups in total. The molecule has 1 saturated heterocycles. The summed E-state index contributed by atoms with van der Waals surface area (Å²) in [5.74, 6) is -0.417. The van der Waals surface area contributed by atoms with E-state index in [0.29, 0.717) is 35.4 Å². The molecule has 1 aliphatic rings. The van der Waals surface area contributed by atoms with E-state index >= 15 is 0 Å². The summed E-state index contributed by atoms with van der Waals surface area (Å²) in [5, 5.41) is 9.13. The maximum Gasteiger partial charge on any atom is 0.137 e. The van der Waals surface area contributed by atoms with Crippen LogP contribution in [0.3, 0.4) is 0 Å². The minimum absolute atomic E-state index is 0.0282. The number of rotatable bonds is 3. The predicted octanol–water partition coefficient (Wildman–Crippen LogP) is 3.50. The molecule has 1 fully saturated rings. The highest BCUT2D eigenvalue weighted by atomic mass is 19.1. The summed E-state index contributed by atoms with van der Waals surface area (Å²) in [4.78, 5) is 7.02. The third-order valence-electron chi connectivity index (χ3n) is 5.30. The molecule has 0 spiro atoms. The zero-order chi connectivity index (χ0) is 19.8. The number of aromatic nitrogens is 2. The molecule has 1 aliphatic heterocycles. The highest BCUT2D eigenvalue weighted by Crippen LogP contribution is 2.32. The molecule has 1 aromatic carbocycles. The largest absolute Gasteiger partial charge is 0.375 e. The number of nitriles is 1. The Morgan fingerprint density at radius 1 is 1.32 bits per heavy atom. The molecule has 0 radical (unpaired) electrons. The van der Waals surface area contributed by atoms with Crippen LogP contribution in [-0.4, -0.2) is 47.1 Å². The first kappa shape index (κ1) is 18.6. The molecular weight excluding hydrogens is 355 g/mol. The van der Waals surface area contributed by atoms with Crippen LogP contribution >= 0.6 is 0 Å². The minimum atomic E-state index is -0.417. The van der Waals surface area contributed by atoms with Crippen LogP contribution in [-0.2, 0) is 11.2 Å². The van der Waals surface area contributed by atoms with Crippen molar-refractivity contribution in [2.24, 2.45) is 0 Å². The molecule has 4 rings (SSSR count). The Bertz CT molecular complexity index is 1060. The van der Waals surface area contributed by atoms with E-state index in [0.717, 1.165) is 30.0 Å². The number of imidazole rings is 1. The lowest BCUT2D eigenvalue weighted by molar-refractivity contribution is -0.0190. The summed E-state index contributed by atoms with van der Waals surface area (Å²) in [6, 6.07) is 9.03. The van der Waals surface area contributed by atoms with Crippen LogP contribution in [0, 0.1) is 31.0 Å². The molecule has 0 unspecified atom stereocenters. The number of hydrogen-bond acceptors (Lipinski definition) is 4. The highest BCUT2D eigenvalue weighted by Gasteiger charge is 2.25. The average Bonchev–Trinajstić information content (AvgIpc) is 2.98. The quantitative estimate of drug-likeness (QED) is 0.700. The minimum Gasteiger partial charge on any atom is -0.375 e. The molecule has 0 aliphatic carbocycles. The fourth-order valence-corrected chi connectivity index (χ4v) is 3.91. The lowest BCUT2D eigenvalue weighted by Crippen LogP contribution is -2.41. The molecule has 144 valence electrons. The number of morpholine rings is 1. The van der Waals surface area contributed by atoms with Gasteiger partial charge in [-0.25, -0.2) is 9.37 Å². The summed E-state index contributed by atoms with van der Waals surface area (Å²) < 4.78 is 23.0. The van der Waals surface area contributed by atoms with Crippen molar-refractivity contribution < 1.29 is 9.13 Å². The topological polar surface area (TPSA) is 53.6 Å². The van der Waals surface area contributed by atoms with Gasteiger partial charge in [0.25, 0.3) is 0 Å². The van der Waals surface area contributed by atoms with Gasteiger partial charge < -0.3 is 14.0 Å². The Morgan fingerprint density at radius 2 is 2.14 bits per heavy atom. The van der Waals surface area contributed by atoms with Gasteiger partial charge in [-0.2, -0.15) is 5.26 Å². The van der Waals surface area contributed by atoms with Crippen LogP contribution in [0.1, 0.15) is 22.4 Å². The number of likely N-dealkylation sites (N-methyl/N-ethyl adjacent to an activating group) is 1. The van der Waals surface area contributed by atoms with Crippen molar-refractivity contribution in [2.45, 2.75) is 26.4 Å². The van der Waals surface area contributed by atoms with Crippen molar-refractivity contribution in [3.05, 3.63) is 58.7 Å². The Morgan fingerprint density at radius 3 is 2.86 bits per heavy atom. The number of ether oxygens (including phenoxy) is 1. The monoisotopic (exact) mass is 378 g/mol. The van der Waals surface area contributed by atoms with E-state index in [1.165, 1.54) is 6.07 Å². The van der Waals surface area contributed by atoms with E-state index in [2.05, 4.69) is 11.9 Å². The van der Waals surface area contributed by atoms with E-state index in [9.17, 15) is 4.39 Å². The van der Waals surface area contributed by atoms with Gasteiger partial charge in [0.15, 0.2) is 0 Å². The summed E-state index contributed by atoms with van der Waals surface area (Å²) in [7, 11) is 2.08. The van der Waals surface area contributed by atoms with Gasteiger partial charge in [-0.05, 0) is 56.3 Å². The van der Waals surface area contributed by atoms with Gasteiger partial charge >= 0.3 is 0 Å². The molecule has 0 saturated carbocycles. The van der Waals surface area contributed by atoms with E-state index in [1.807, 2.05) is 42.6 Å². The number of fused-ring (bicyclic) bond motifs is 1. The Hall–Kier alpha value is -2.75. The Labute approximate surface area is 164 Å². The van der Waals surface area contributed by atoms with Gasteiger partial charge in [0, 0.05) is 31.3 Å². The van der Waals surface area contributed by atoms with Crippen LogP contribution in [0.2, 0.25) is 0 Å². The summed E-state index contributed by atoms with van der Waals surface area (Å²) in [6.45, 7) is 6.27. The standard InChI is InChI=1S/C22H23FN4O/c1-14-4-5-27-19(11-17-13-26(3)6-7-28-17)22(25-20(27)8-14)21-15(2)9-16(12-24)10-18(21)23/h4-5,8-10,17H,6-7,11,13H2,1-3H3/t17-/m0/s1. The lowest BCUT2D eigenvalue weighted by Gasteiger charge is -2.30. The van der Waals surface area contributed by atoms with Gasteiger partial charge in [0.05, 0.1) is 35.7 Å². The number of nitrogens with zero attached hydrogens (tertiary/aromatic N) is 4. The zero-order valence-electron chi connectivity index (χ0n) is 16.4. The van der Waals surface area contributed by atoms with Crippen LogP contribution in [0.5, 0.6) is 0 Å². The number of halogens is 1. The maximum absolute atomic E-state index is 15.0. The zero-order valence-corrected chi connectivity index (χ0v) is 16.4. The summed E-state index contributed by atoms with van der Waals surface area (Å²) in [5.41, 5.74) is 4.93. The fraction of sp³-hybridized carbons (Fsp3) is 0.364. The van der Waals surface area contributed by atoms with Crippen LogP contribution in [0.4, 0.5) is 4.39 Å². The van der Waals surface area contributed by atoms with Gasteiger partial charge in [-0.1, -0.05) is 0 Å². The molecule has 0 amide bonds. The second-order valence-electron chi connectivity index (χ2n) is 7.56. The number of pyridine rings is 1. The number of aryl methyl sites for hydroxylation is 2. The van der Waals surface area contributed by atoms with Gasteiger partial charge in [-0.3, -0.25) is 0 Å². The second kappa shape index (κ2) is 7.34.